The number of para-hydroxylation sites is 1. The van der Waals surface area contributed by atoms with Crippen LogP contribution in [0.2, 0.25) is 0 Å². The van der Waals surface area contributed by atoms with E-state index >= 15 is 0 Å². The van der Waals surface area contributed by atoms with Gasteiger partial charge in [-0.25, -0.2) is 16.8 Å². The zero-order chi connectivity index (χ0) is 25.1. The molecule has 10 heteroatoms. The maximum atomic E-state index is 13.5. The minimum atomic E-state index is -4.05. The third kappa shape index (κ3) is 5.15. The van der Waals surface area contributed by atoms with E-state index in [-0.39, 0.29) is 29.4 Å². The van der Waals surface area contributed by atoms with Crippen LogP contribution in [0.15, 0.2) is 94.7 Å². The van der Waals surface area contributed by atoms with Crippen LogP contribution in [0.4, 0.5) is 5.69 Å². The number of piperazine rings is 1. The summed E-state index contributed by atoms with van der Waals surface area (Å²) in [5.74, 6) is -0.585. The van der Waals surface area contributed by atoms with Gasteiger partial charge in [-0.1, -0.05) is 61.5 Å². The number of nitrogens with zero attached hydrogens (tertiary/aromatic N) is 2. The summed E-state index contributed by atoms with van der Waals surface area (Å²) in [6.07, 6.45) is 0.668. The Balaban J connectivity index is 1.70. The number of nitrogens with one attached hydrogen (secondary N) is 1. The van der Waals surface area contributed by atoms with E-state index in [9.17, 15) is 21.6 Å². The van der Waals surface area contributed by atoms with Gasteiger partial charge in [0.25, 0.3) is 0 Å². The van der Waals surface area contributed by atoms with E-state index in [1.165, 1.54) is 28.6 Å². The molecule has 3 aromatic carbocycles. The summed E-state index contributed by atoms with van der Waals surface area (Å²) in [4.78, 5) is 13.6. The van der Waals surface area contributed by atoms with Gasteiger partial charge in [0.15, 0.2) is 0 Å². The summed E-state index contributed by atoms with van der Waals surface area (Å²) in [7, 11) is -7.96. The summed E-state index contributed by atoms with van der Waals surface area (Å²) in [5.41, 5.74) is 1.46. The molecular formula is C25H27N3O5S2. The SMILES string of the molecule is CCc1ccccc1NC(=O)C1CN(S(=O)(=O)c2ccccc2)CCN1S(=O)(=O)c1ccccc1. The highest BCUT2D eigenvalue weighted by Gasteiger charge is 2.43. The van der Waals surface area contributed by atoms with E-state index in [4.69, 9.17) is 0 Å². The fourth-order valence-corrected chi connectivity index (χ4v) is 7.15. The van der Waals surface area contributed by atoms with Crippen molar-refractivity contribution < 1.29 is 21.6 Å². The summed E-state index contributed by atoms with van der Waals surface area (Å²) < 4.78 is 55.8. The van der Waals surface area contributed by atoms with Gasteiger partial charge in [-0.05, 0) is 42.3 Å². The third-order valence-electron chi connectivity index (χ3n) is 5.98. The minimum absolute atomic E-state index is 0.0473. The average Bonchev–Trinajstić information content (AvgIpc) is 2.89. The van der Waals surface area contributed by atoms with E-state index in [1.807, 2.05) is 19.1 Å². The van der Waals surface area contributed by atoms with Crippen LogP contribution in [0, 0.1) is 0 Å². The van der Waals surface area contributed by atoms with Gasteiger partial charge in [-0.3, -0.25) is 4.79 Å². The van der Waals surface area contributed by atoms with Gasteiger partial charge >= 0.3 is 0 Å². The minimum Gasteiger partial charge on any atom is -0.324 e. The normalized spacial score (nSPS) is 17.7. The van der Waals surface area contributed by atoms with E-state index in [0.717, 1.165) is 9.87 Å². The van der Waals surface area contributed by atoms with Crippen LogP contribution in [0.25, 0.3) is 0 Å². The molecule has 0 radical (unpaired) electrons. The van der Waals surface area contributed by atoms with Crippen molar-refractivity contribution >= 4 is 31.6 Å². The fraction of sp³-hybridized carbons (Fsp3) is 0.240. The molecule has 1 fully saturated rings. The highest BCUT2D eigenvalue weighted by molar-refractivity contribution is 7.89. The van der Waals surface area contributed by atoms with Crippen molar-refractivity contribution in [3.63, 3.8) is 0 Å². The second-order valence-corrected chi connectivity index (χ2v) is 11.9. The smallest absolute Gasteiger partial charge is 0.244 e. The van der Waals surface area contributed by atoms with Crippen LogP contribution >= 0.6 is 0 Å². The molecule has 1 heterocycles. The number of hydrogen-bond donors (Lipinski definition) is 1. The van der Waals surface area contributed by atoms with Crippen LogP contribution in [-0.4, -0.2) is 57.0 Å². The standard InChI is InChI=1S/C25H27N3O5S2/c1-2-20-11-9-10-16-23(20)26-25(29)24-19-27(34(30,31)21-12-5-3-6-13-21)17-18-28(24)35(32,33)22-14-7-4-8-15-22/h3-16,24H,2,17-19H2,1H3,(H,26,29). The van der Waals surface area contributed by atoms with Crippen LogP contribution < -0.4 is 5.32 Å². The Hall–Kier alpha value is -3.05. The number of aryl methyl sites for hydroxylation is 1. The number of rotatable bonds is 7. The molecule has 0 bridgehead atoms. The van der Waals surface area contributed by atoms with Crippen molar-refractivity contribution in [3.8, 4) is 0 Å². The fourth-order valence-electron chi connectivity index (χ4n) is 4.10. The number of amides is 1. The summed E-state index contributed by atoms with van der Waals surface area (Å²) in [5, 5.41) is 2.83. The zero-order valence-corrected chi connectivity index (χ0v) is 20.9. The lowest BCUT2D eigenvalue weighted by Gasteiger charge is -2.39. The maximum Gasteiger partial charge on any atom is 0.244 e. The van der Waals surface area contributed by atoms with Crippen LogP contribution in [-0.2, 0) is 31.3 Å². The monoisotopic (exact) mass is 513 g/mol. The van der Waals surface area contributed by atoms with Crippen molar-refractivity contribution in [1.82, 2.24) is 8.61 Å². The molecule has 0 saturated carbocycles. The van der Waals surface area contributed by atoms with E-state index in [2.05, 4.69) is 5.32 Å². The topological polar surface area (TPSA) is 104 Å². The van der Waals surface area contributed by atoms with Gasteiger partial charge in [0.2, 0.25) is 26.0 Å². The van der Waals surface area contributed by atoms with E-state index < -0.39 is 32.0 Å². The molecule has 0 spiro atoms. The molecule has 0 aliphatic carbocycles. The summed E-state index contributed by atoms with van der Waals surface area (Å²) in [6.45, 7) is 1.42. The van der Waals surface area contributed by atoms with E-state index in [0.29, 0.717) is 12.1 Å². The molecule has 0 aromatic heterocycles. The van der Waals surface area contributed by atoms with Gasteiger partial charge in [0.1, 0.15) is 6.04 Å². The first kappa shape index (κ1) is 25.1. The molecule has 1 aliphatic rings. The van der Waals surface area contributed by atoms with Gasteiger partial charge in [0, 0.05) is 25.3 Å². The third-order valence-corrected chi connectivity index (χ3v) is 9.79. The van der Waals surface area contributed by atoms with Gasteiger partial charge in [0.05, 0.1) is 9.79 Å². The van der Waals surface area contributed by atoms with Crippen molar-refractivity contribution in [2.24, 2.45) is 0 Å². The average molecular weight is 514 g/mol. The molecule has 8 nitrogen and oxygen atoms in total. The van der Waals surface area contributed by atoms with Crippen molar-refractivity contribution in [2.75, 3.05) is 25.0 Å². The van der Waals surface area contributed by atoms with Crippen molar-refractivity contribution in [1.29, 1.82) is 0 Å². The van der Waals surface area contributed by atoms with Gasteiger partial charge in [-0.15, -0.1) is 0 Å². The molecule has 1 aliphatic heterocycles. The number of carbonyl (C=O) groups excluding carboxylic acids is 1. The van der Waals surface area contributed by atoms with Crippen LogP contribution in [0.3, 0.4) is 0 Å². The van der Waals surface area contributed by atoms with Crippen molar-refractivity contribution in [3.05, 3.63) is 90.5 Å². The molecule has 1 amide bonds. The summed E-state index contributed by atoms with van der Waals surface area (Å²) >= 11 is 0. The Kier molecular flexibility index (Phi) is 7.36. The number of benzene rings is 3. The first-order valence-electron chi connectivity index (χ1n) is 11.3. The Morgan fingerprint density at radius 1 is 0.800 bits per heavy atom. The highest BCUT2D eigenvalue weighted by Crippen LogP contribution is 2.26. The molecule has 184 valence electrons. The van der Waals surface area contributed by atoms with E-state index in [1.54, 1.807) is 48.5 Å². The lowest BCUT2D eigenvalue weighted by atomic mass is 10.1. The Bertz CT molecular complexity index is 1400. The molecule has 1 N–H and O–H groups in total. The number of carbonyl (C=O) groups is 1. The zero-order valence-electron chi connectivity index (χ0n) is 19.2. The molecule has 1 unspecified atom stereocenters. The molecule has 1 atom stereocenters. The second kappa shape index (κ2) is 10.3. The molecule has 1 saturated heterocycles. The Labute approximate surface area is 206 Å². The highest BCUT2D eigenvalue weighted by atomic mass is 32.2. The van der Waals surface area contributed by atoms with Gasteiger partial charge < -0.3 is 5.32 Å². The molecule has 35 heavy (non-hydrogen) atoms. The largest absolute Gasteiger partial charge is 0.324 e. The quantitative estimate of drug-likeness (QED) is 0.523. The predicted octanol–water partition coefficient (Wildman–Crippen LogP) is 2.95. The summed E-state index contributed by atoms with van der Waals surface area (Å²) in [6, 6.07) is 21.8. The second-order valence-electron chi connectivity index (χ2n) is 8.12. The maximum absolute atomic E-state index is 13.5. The molecular weight excluding hydrogens is 486 g/mol. The number of hydrogen-bond acceptors (Lipinski definition) is 5. The number of anilines is 1. The Morgan fingerprint density at radius 2 is 1.34 bits per heavy atom. The van der Waals surface area contributed by atoms with Crippen LogP contribution in [0.5, 0.6) is 0 Å². The van der Waals surface area contributed by atoms with Gasteiger partial charge in [-0.2, -0.15) is 8.61 Å². The predicted molar refractivity (Wildman–Crippen MR) is 134 cm³/mol. The first-order chi connectivity index (χ1) is 16.7. The lowest BCUT2D eigenvalue weighted by Crippen LogP contribution is -2.60. The molecule has 4 rings (SSSR count). The lowest BCUT2D eigenvalue weighted by molar-refractivity contribution is -0.120. The first-order valence-corrected chi connectivity index (χ1v) is 14.1. The molecule has 3 aromatic rings. The number of sulfonamides is 2. The van der Waals surface area contributed by atoms with Crippen LogP contribution in [0.1, 0.15) is 12.5 Å². The Morgan fingerprint density at radius 3 is 1.94 bits per heavy atom. The van der Waals surface area contributed by atoms with Crippen molar-refractivity contribution in [2.45, 2.75) is 29.2 Å².